The van der Waals surface area contributed by atoms with E-state index in [2.05, 4.69) is 5.32 Å². The van der Waals surface area contributed by atoms with E-state index >= 15 is 0 Å². The summed E-state index contributed by atoms with van der Waals surface area (Å²) in [4.78, 5) is 24.1. The first kappa shape index (κ1) is 20.9. The molecular weight excluding hydrogens is 366 g/mol. The quantitative estimate of drug-likeness (QED) is 0.679. The second kappa shape index (κ2) is 9.50. The third-order valence-corrected chi connectivity index (χ3v) is 4.13. The van der Waals surface area contributed by atoms with Crippen LogP contribution in [0.15, 0.2) is 36.4 Å². The van der Waals surface area contributed by atoms with Crippen LogP contribution in [0, 0.1) is 0 Å². The molecule has 0 saturated carbocycles. The molecular formula is C20H23NO7. The largest absolute Gasteiger partial charge is 0.497 e. The standard InChI is InChI=1S/C20H23NO7/c1-25-14-7-5-12(6-8-14)15(11-18(22)23)21-20(24)13-9-16(26-2)19(28-4)17(10-13)27-3/h5-10,15H,11H2,1-4H3,(H,21,24)(H,22,23)/t15-/m1/s1. The van der Waals surface area contributed by atoms with Crippen LogP contribution in [-0.2, 0) is 4.79 Å². The van der Waals surface area contributed by atoms with Crippen molar-refractivity contribution in [3.8, 4) is 23.0 Å². The molecule has 8 nitrogen and oxygen atoms in total. The zero-order chi connectivity index (χ0) is 20.7. The van der Waals surface area contributed by atoms with Gasteiger partial charge in [-0.3, -0.25) is 9.59 Å². The number of amides is 1. The summed E-state index contributed by atoms with van der Waals surface area (Å²) < 4.78 is 20.9. The van der Waals surface area contributed by atoms with Crippen molar-refractivity contribution in [2.45, 2.75) is 12.5 Å². The van der Waals surface area contributed by atoms with Crippen LogP contribution < -0.4 is 24.3 Å². The summed E-state index contributed by atoms with van der Waals surface area (Å²) in [5, 5.41) is 12.0. The highest BCUT2D eigenvalue weighted by Crippen LogP contribution is 2.38. The van der Waals surface area contributed by atoms with E-state index in [-0.39, 0.29) is 12.0 Å². The van der Waals surface area contributed by atoms with Gasteiger partial charge in [-0.15, -0.1) is 0 Å². The second-order valence-electron chi connectivity index (χ2n) is 5.81. The molecule has 1 atom stereocenters. The lowest BCUT2D eigenvalue weighted by Crippen LogP contribution is -2.30. The molecule has 0 aromatic heterocycles. The van der Waals surface area contributed by atoms with E-state index in [4.69, 9.17) is 18.9 Å². The molecule has 0 aliphatic carbocycles. The molecule has 0 bridgehead atoms. The first-order chi connectivity index (χ1) is 13.4. The molecule has 2 aromatic carbocycles. The number of benzene rings is 2. The van der Waals surface area contributed by atoms with Crippen molar-refractivity contribution < 1.29 is 33.6 Å². The van der Waals surface area contributed by atoms with E-state index in [1.165, 1.54) is 40.6 Å². The number of rotatable bonds is 9. The normalized spacial score (nSPS) is 11.3. The lowest BCUT2D eigenvalue weighted by atomic mass is 10.0. The third kappa shape index (κ3) is 4.85. The van der Waals surface area contributed by atoms with Crippen molar-refractivity contribution in [2.75, 3.05) is 28.4 Å². The van der Waals surface area contributed by atoms with E-state index < -0.39 is 17.9 Å². The number of carboxylic acids is 1. The Morgan fingerprint density at radius 2 is 1.50 bits per heavy atom. The fourth-order valence-corrected chi connectivity index (χ4v) is 2.72. The third-order valence-electron chi connectivity index (χ3n) is 4.13. The maximum Gasteiger partial charge on any atom is 0.305 e. The molecule has 28 heavy (non-hydrogen) atoms. The number of carbonyl (C=O) groups is 2. The van der Waals surface area contributed by atoms with Gasteiger partial charge in [-0.1, -0.05) is 12.1 Å². The Labute approximate surface area is 163 Å². The molecule has 150 valence electrons. The molecule has 0 aliphatic rings. The van der Waals surface area contributed by atoms with Crippen LogP contribution in [0.3, 0.4) is 0 Å². The molecule has 0 unspecified atom stereocenters. The van der Waals surface area contributed by atoms with Crippen LogP contribution in [0.25, 0.3) is 0 Å². The number of aliphatic carboxylic acids is 1. The van der Waals surface area contributed by atoms with Crippen molar-refractivity contribution in [3.05, 3.63) is 47.5 Å². The van der Waals surface area contributed by atoms with Gasteiger partial charge < -0.3 is 29.4 Å². The molecule has 2 rings (SSSR count). The maximum absolute atomic E-state index is 12.8. The summed E-state index contributed by atoms with van der Waals surface area (Å²) in [6, 6.07) is 9.11. The van der Waals surface area contributed by atoms with Crippen molar-refractivity contribution >= 4 is 11.9 Å². The molecule has 2 N–H and O–H groups in total. The van der Waals surface area contributed by atoms with Gasteiger partial charge in [-0.05, 0) is 29.8 Å². The number of carboxylic acid groups (broad SMARTS) is 1. The van der Waals surface area contributed by atoms with Crippen LogP contribution in [0.2, 0.25) is 0 Å². The lowest BCUT2D eigenvalue weighted by molar-refractivity contribution is -0.137. The van der Waals surface area contributed by atoms with Gasteiger partial charge in [0.15, 0.2) is 11.5 Å². The summed E-state index contributed by atoms with van der Waals surface area (Å²) in [6.07, 6.45) is -0.275. The Bertz CT molecular complexity index is 808. The minimum absolute atomic E-state index is 0.249. The number of carbonyl (C=O) groups excluding carboxylic acids is 1. The van der Waals surface area contributed by atoms with Gasteiger partial charge in [0.1, 0.15) is 5.75 Å². The number of hydrogen-bond acceptors (Lipinski definition) is 6. The highest BCUT2D eigenvalue weighted by Gasteiger charge is 2.22. The van der Waals surface area contributed by atoms with Crippen molar-refractivity contribution in [3.63, 3.8) is 0 Å². The number of ether oxygens (including phenoxy) is 4. The smallest absolute Gasteiger partial charge is 0.305 e. The van der Waals surface area contributed by atoms with Gasteiger partial charge in [-0.25, -0.2) is 0 Å². The van der Waals surface area contributed by atoms with Crippen LogP contribution >= 0.6 is 0 Å². The zero-order valence-electron chi connectivity index (χ0n) is 16.1. The van der Waals surface area contributed by atoms with E-state index in [0.29, 0.717) is 28.6 Å². The topological polar surface area (TPSA) is 103 Å². The summed E-state index contributed by atoms with van der Waals surface area (Å²) in [7, 11) is 5.90. The Morgan fingerprint density at radius 3 is 1.93 bits per heavy atom. The predicted molar refractivity (Wildman–Crippen MR) is 102 cm³/mol. The summed E-state index contributed by atoms with van der Waals surface area (Å²) in [6.45, 7) is 0. The number of methoxy groups -OCH3 is 4. The van der Waals surface area contributed by atoms with Gasteiger partial charge >= 0.3 is 5.97 Å². The predicted octanol–water partition coefficient (Wildman–Crippen LogP) is 2.67. The average Bonchev–Trinajstić information content (AvgIpc) is 2.71. The van der Waals surface area contributed by atoms with Crippen molar-refractivity contribution in [1.29, 1.82) is 0 Å². The molecule has 0 fully saturated rings. The number of hydrogen-bond donors (Lipinski definition) is 2. The Hall–Kier alpha value is -3.42. The lowest BCUT2D eigenvalue weighted by Gasteiger charge is -2.19. The van der Waals surface area contributed by atoms with Crippen LogP contribution in [0.5, 0.6) is 23.0 Å². The van der Waals surface area contributed by atoms with Crippen LogP contribution in [0.4, 0.5) is 0 Å². The van der Waals surface area contributed by atoms with Gasteiger partial charge in [0.05, 0.1) is 40.9 Å². The van der Waals surface area contributed by atoms with Gasteiger partial charge in [0.2, 0.25) is 5.75 Å². The van der Waals surface area contributed by atoms with Crippen LogP contribution in [-0.4, -0.2) is 45.4 Å². The van der Waals surface area contributed by atoms with E-state index in [9.17, 15) is 14.7 Å². The van der Waals surface area contributed by atoms with Crippen molar-refractivity contribution in [1.82, 2.24) is 5.32 Å². The van der Waals surface area contributed by atoms with Gasteiger partial charge in [0, 0.05) is 5.56 Å². The molecule has 0 saturated heterocycles. The molecule has 0 aliphatic heterocycles. The van der Waals surface area contributed by atoms with Gasteiger partial charge in [-0.2, -0.15) is 0 Å². The van der Waals surface area contributed by atoms with Crippen molar-refractivity contribution in [2.24, 2.45) is 0 Å². The van der Waals surface area contributed by atoms with Crippen LogP contribution in [0.1, 0.15) is 28.4 Å². The maximum atomic E-state index is 12.8. The first-order valence-electron chi connectivity index (χ1n) is 8.40. The second-order valence-corrected chi connectivity index (χ2v) is 5.81. The first-order valence-corrected chi connectivity index (χ1v) is 8.40. The molecule has 0 spiro atoms. The monoisotopic (exact) mass is 389 g/mol. The summed E-state index contributed by atoms with van der Waals surface area (Å²) in [5.74, 6) is 0.136. The molecule has 8 heteroatoms. The molecule has 1 amide bonds. The Kier molecular flexibility index (Phi) is 7.08. The SMILES string of the molecule is COc1ccc([C@@H](CC(=O)O)NC(=O)c2cc(OC)c(OC)c(OC)c2)cc1. The minimum atomic E-state index is -1.04. The molecule has 0 radical (unpaired) electrons. The molecule has 2 aromatic rings. The van der Waals surface area contributed by atoms with E-state index in [1.54, 1.807) is 24.3 Å². The Balaban J connectivity index is 2.33. The number of nitrogens with one attached hydrogen (secondary N) is 1. The Morgan fingerprint density at radius 1 is 0.929 bits per heavy atom. The van der Waals surface area contributed by atoms with E-state index in [1.807, 2.05) is 0 Å². The fourth-order valence-electron chi connectivity index (χ4n) is 2.72. The zero-order valence-corrected chi connectivity index (χ0v) is 16.1. The highest BCUT2D eigenvalue weighted by atomic mass is 16.5. The van der Waals surface area contributed by atoms with E-state index in [0.717, 1.165) is 0 Å². The summed E-state index contributed by atoms with van der Waals surface area (Å²) >= 11 is 0. The molecule has 0 heterocycles. The fraction of sp³-hybridized carbons (Fsp3) is 0.300. The summed E-state index contributed by atoms with van der Waals surface area (Å²) in [5.41, 5.74) is 0.891. The highest BCUT2D eigenvalue weighted by molar-refractivity contribution is 5.96. The minimum Gasteiger partial charge on any atom is -0.497 e. The average molecular weight is 389 g/mol. The van der Waals surface area contributed by atoms with Gasteiger partial charge in [0.25, 0.3) is 5.91 Å².